The van der Waals surface area contributed by atoms with Gasteiger partial charge in [-0.2, -0.15) is 0 Å². The summed E-state index contributed by atoms with van der Waals surface area (Å²) in [6.07, 6.45) is 1.25. The standard InChI is InChI=1S/C22H15ClN2O6/c23-17-10-5-11-19(25(29)30)20(17)31-16-9-4-6-14(12-16)13-18(22(27)28)24-21(26)15-7-2-1-3-8-15/h1-13H,(H,24,26)(H,27,28)/b18-13-. The summed E-state index contributed by atoms with van der Waals surface area (Å²) in [7, 11) is 0. The monoisotopic (exact) mass is 438 g/mol. The Labute approximate surface area is 181 Å². The van der Waals surface area contributed by atoms with Gasteiger partial charge < -0.3 is 15.2 Å². The van der Waals surface area contributed by atoms with Gasteiger partial charge in [0, 0.05) is 11.6 Å². The fourth-order valence-electron chi connectivity index (χ4n) is 2.63. The third-order valence-corrected chi connectivity index (χ3v) is 4.34. The number of hydrogen-bond donors (Lipinski definition) is 2. The summed E-state index contributed by atoms with van der Waals surface area (Å²) in [5.74, 6) is -1.85. The molecule has 3 aromatic rings. The van der Waals surface area contributed by atoms with E-state index in [9.17, 15) is 24.8 Å². The first kappa shape index (κ1) is 21.5. The molecule has 0 radical (unpaired) electrons. The number of carboxylic acids is 1. The van der Waals surface area contributed by atoms with Crippen molar-refractivity contribution >= 4 is 35.2 Å². The quantitative estimate of drug-likeness (QED) is 0.308. The summed E-state index contributed by atoms with van der Waals surface area (Å²) in [6.45, 7) is 0. The summed E-state index contributed by atoms with van der Waals surface area (Å²) in [6, 6.07) is 18.5. The summed E-state index contributed by atoms with van der Waals surface area (Å²) in [5.41, 5.74) is 0.0280. The Hall–Kier alpha value is -4.17. The Morgan fingerprint density at radius 2 is 1.74 bits per heavy atom. The second-order valence-electron chi connectivity index (χ2n) is 6.20. The minimum atomic E-state index is -1.34. The van der Waals surface area contributed by atoms with Gasteiger partial charge in [0.1, 0.15) is 11.4 Å². The molecular formula is C22H15ClN2O6. The third kappa shape index (κ3) is 5.46. The summed E-state index contributed by atoms with van der Waals surface area (Å²) >= 11 is 6.04. The van der Waals surface area contributed by atoms with Gasteiger partial charge in [0.05, 0.1) is 9.95 Å². The zero-order chi connectivity index (χ0) is 22.4. The van der Waals surface area contributed by atoms with Crippen molar-refractivity contribution in [2.45, 2.75) is 0 Å². The van der Waals surface area contributed by atoms with Crippen LogP contribution in [0.2, 0.25) is 5.02 Å². The van der Waals surface area contributed by atoms with Gasteiger partial charge in [0.15, 0.2) is 0 Å². The summed E-state index contributed by atoms with van der Waals surface area (Å²) in [5, 5.41) is 23.1. The number of carboxylic acid groups (broad SMARTS) is 1. The van der Waals surface area contributed by atoms with Crippen molar-refractivity contribution in [1.29, 1.82) is 0 Å². The maximum absolute atomic E-state index is 12.3. The van der Waals surface area contributed by atoms with E-state index < -0.39 is 16.8 Å². The van der Waals surface area contributed by atoms with Crippen molar-refractivity contribution in [1.82, 2.24) is 5.32 Å². The molecule has 8 nitrogen and oxygen atoms in total. The van der Waals surface area contributed by atoms with Crippen LogP contribution in [0.1, 0.15) is 15.9 Å². The molecule has 2 N–H and O–H groups in total. The van der Waals surface area contributed by atoms with E-state index >= 15 is 0 Å². The van der Waals surface area contributed by atoms with E-state index in [1.54, 1.807) is 42.5 Å². The number of hydrogen-bond acceptors (Lipinski definition) is 5. The Kier molecular flexibility index (Phi) is 6.64. The number of ether oxygens (including phenoxy) is 1. The molecule has 0 aliphatic heterocycles. The molecule has 0 aromatic heterocycles. The molecule has 0 bridgehead atoms. The Morgan fingerprint density at radius 3 is 2.42 bits per heavy atom. The van der Waals surface area contributed by atoms with E-state index in [0.29, 0.717) is 11.1 Å². The molecule has 0 spiro atoms. The van der Waals surface area contributed by atoms with Crippen molar-refractivity contribution in [3.8, 4) is 11.5 Å². The van der Waals surface area contributed by atoms with Crippen LogP contribution in [0.25, 0.3) is 6.08 Å². The van der Waals surface area contributed by atoms with Gasteiger partial charge in [-0.15, -0.1) is 0 Å². The van der Waals surface area contributed by atoms with Crippen LogP contribution >= 0.6 is 11.6 Å². The lowest BCUT2D eigenvalue weighted by Crippen LogP contribution is -2.27. The number of nitro groups is 1. The van der Waals surface area contributed by atoms with Gasteiger partial charge >= 0.3 is 11.7 Å². The van der Waals surface area contributed by atoms with Gasteiger partial charge in [-0.05, 0) is 42.0 Å². The van der Waals surface area contributed by atoms with Crippen LogP contribution in [0.15, 0.2) is 78.5 Å². The maximum Gasteiger partial charge on any atom is 0.352 e. The first-order chi connectivity index (χ1) is 14.8. The van der Waals surface area contributed by atoms with E-state index in [1.165, 1.54) is 36.4 Å². The zero-order valence-corrected chi connectivity index (χ0v) is 16.6. The molecule has 3 rings (SSSR count). The highest BCUT2D eigenvalue weighted by Gasteiger charge is 2.19. The SMILES string of the molecule is O=C(O)/C(=C/c1cccc(Oc2c(Cl)cccc2[N+](=O)[O-])c1)NC(=O)c1ccccc1. The first-order valence-corrected chi connectivity index (χ1v) is 9.25. The third-order valence-electron chi connectivity index (χ3n) is 4.05. The number of rotatable bonds is 7. The topological polar surface area (TPSA) is 119 Å². The number of para-hydroxylation sites is 1. The van der Waals surface area contributed by atoms with E-state index in [2.05, 4.69) is 5.32 Å². The second kappa shape index (κ2) is 9.55. The van der Waals surface area contributed by atoms with Crippen molar-refractivity contribution in [3.63, 3.8) is 0 Å². The van der Waals surface area contributed by atoms with Crippen LogP contribution in [0, 0.1) is 10.1 Å². The normalized spacial score (nSPS) is 10.9. The Morgan fingerprint density at radius 1 is 1.03 bits per heavy atom. The molecule has 0 atom stereocenters. The second-order valence-corrected chi connectivity index (χ2v) is 6.61. The average molecular weight is 439 g/mol. The molecule has 0 fully saturated rings. The predicted molar refractivity (Wildman–Crippen MR) is 114 cm³/mol. The molecule has 0 aliphatic carbocycles. The number of nitrogens with zero attached hydrogens (tertiary/aromatic N) is 1. The lowest BCUT2D eigenvalue weighted by molar-refractivity contribution is -0.385. The van der Waals surface area contributed by atoms with Gasteiger partial charge in [-0.25, -0.2) is 4.79 Å². The summed E-state index contributed by atoms with van der Waals surface area (Å²) < 4.78 is 5.60. The highest BCUT2D eigenvalue weighted by atomic mass is 35.5. The highest BCUT2D eigenvalue weighted by Crippen LogP contribution is 2.37. The van der Waals surface area contributed by atoms with E-state index in [4.69, 9.17) is 16.3 Å². The lowest BCUT2D eigenvalue weighted by Gasteiger charge is -2.09. The summed E-state index contributed by atoms with van der Waals surface area (Å²) in [4.78, 5) is 34.5. The van der Waals surface area contributed by atoms with Crippen LogP contribution in [-0.2, 0) is 4.79 Å². The van der Waals surface area contributed by atoms with Crippen molar-refractivity contribution in [3.05, 3.63) is 105 Å². The molecule has 0 aliphatic rings. The lowest BCUT2D eigenvalue weighted by atomic mass is 10.1. The van der Waals surface area contributed by atoms with Gasteiger partial charge in [-0.1, -0.05) is 48.0 Å². The molecular weight excluding hydrogens is 424 g/mol. The first-order valence-electron chi connectivity index (χ1n) is 8.87. The maximum atomic E-state index is 12.3. The molecule has 156 valence electrons. The zero-order valence-electron chi connectivity index (χ0n) is 15.8. The number of aliphatic carboxylic acids is 1. The number of nitrogens with one attached hydrogen (secondary N) is 1. The smallest absolute Gasteiger partial charge is 0.352 e. The van der Waals surface area contributed by atoms with E-state index in [1.807, 2.05) is 0 Å². The fourth-order valence-corrected chi connectivity index (χ4v) is 2.84. The van der Waals surface area contributed by atoms with Crippen LogP contribution in [-0.4, -0.2) is 21.9 Å². The van der Waals surface area contributed by atoms with Gasteiger partial charge in [-0.3, -0.25) is 14.9 Å². The molecule has 0 saturated heterocycles. The number of nitro benzene ring substituents is 1. The van der Waals surface area contributed by atoms with Gasteiger partial charge in [0.2, 0.25) is 5.75 Å². The number of halogens is 1. The minimum absolute atomic E-state index is 0.0523. The van der Waals surface area contributed by atoms with E-state index in [-0.39, 0.29) is 27.9 Å². The van der Waals surface area contributed by atoms with Crippen molar-refractivity contribution in [2.75, 3.05) is 0 Å². The minimum Gasteiger partial charge on any atom is -0.477 e. The molecule has 1 amide bonds. The molecule has 3 aromatic carbocycles. The van der Waals surface area contributed by atoms with E-state index in [0.717, 1.165) is 0 Å². The molecule has 31 heavy (non-hydrogen) atoms. The van der Waals surface area contributed by atoms with Crippen molar-refractivity contribution < 1.29 is 24.4 Å². The molecule has 9 heteroatoms. The van der Waals surface area contributed by atoms with Crippen LogP contribution in [0.3, 0.4) is 0 Å². The Balaban J connectivity index is 1.88. The number of amides is 1. The largest absolute Gasteiger partial charge is 0.477 e. The fraction of sp³-hybridized carbons (Fsp3) is 0. The molecule has 0 heterocycles. The highest BCUT2D eigenvalue weighted by molar-refractivity contribution is 6.32. The van der Waals surface area contributed by atoms with Crippen molar-refractivity contribution in [2.24, 2.45) is 0 Å². The predicted octanol–water partition coefficient (Wildman–Crippen LogP) is 4.90. The molecule has 0 saturated carbocycles. The number of carbonyl (C=O) groups is 2. The number of carbonyl (C=O) groups excluding carboxylic acids is 1. The average Bonchev–Trinajstić information content (AvgIpc) is 2.75. The van der Waals surface area contributed by atoms with Crippen LogP contribution in [0.4, 0.5) is 5.69 Å². The van der Waals surface area contributed by atoms with Crippen LogP contribution in [0.5, 0.6) is 11.5 Å². The molecule has 0 unspecified atom stereocenters. The Bertz CT molecular complexity index is 1180. The van der Waals surface area contributed by atoms with Gasteiger partial charge in [0.25, 0.3) is 5.91 Å². The van der Waals surface area contributed by atoms with Crippen LogP contribution < -0.4 is 10.1 Å². The number of benzene rings is 3.